The summed E-state index contributed by atoms with van der Waals surface area (Å²) in [7, 11) is -3.20. The van der Waals surface area contributed by atoms with E-state index in [0.717, 1.165) is 18.5 Å². The molecule has 154 valence electrons. The molecule has 2 aromatic heterocycles. The third-order valence-corrected chi connectivity index (χ3v) is 6.95. The van der Waals surface area contributed by atoms with Gasteiger partial charge < -0.3 is 14.4 Å². The van der Waals surface area contributed by atoms with E-state index in [2.05, 4.69) is 20.0 Å². The van der Waals surface area contributed by atoms with E-state index < -0.39 is 9.84 Å². The fourth-order valence-electron chi connectivity index (χ4n) is 3.99. The summed E-state index contributed by atoms with van der Waals surface area (Å²) in [5.41, 5.74) is 1.18. The number of rotatable bonds is 5. The average molecular weight is 430 g/mol. The SMILES string of the molecule is CCCc1cc(C(=O)N2CCN(Cc3cnc[nH]3)[C@@H]3CS(=O)(=O)C[C@@H]32)no1.Cl. The van der Waals surface area contributed by atoms with E-state index in [-0.39, 0.29) is 47.6 Å². The molecule has 0 saturated carbocycles. The van der Waals surface area contributed by atoms with Crippen molar-refractivity contribution in [2.75, 3.05) is 24.6 Å². The second-order valence-corrected chi connectivity index (χ2v) is 9.34. The molecule has 2 aliphatic heterocycles. The lowest BCUT2D eigenvalue weighted by atomic mass is 10.0. The molecule has 2 aromatic rings. The fourth-order valence-corrected chi connectivity index (χ4v) is 6.00. The number of hydrogen-bond acceptors (Lipinski definition) is 7. The highest BCUT2D eigenvalue weighted by Gasteiger charge is 2.48. The highest BCUT2D eigenvalue weighted by Crippen LogP contribution is 2.29. The van der Waals surface area contributed by atoms with Gasteiger partial charge in [0.1, 0.15) is 5.76 Å². The maximum absolute atomic E-state index is 13.0. The van der Waals surface area contributed by atoms with Crippen molar-refractivity contribution in [2.45, 2.75) is 38.4 Å². The van der Waals surface area contributed by atoms with Gasteiger partial charge in [0.05, 0.1) is 23.9 Å². The number of piperazine rings is 1. The van der Waals surface area contributed by atoms with Crippen LogP contribution in [0.4, 0.5) is 0 Å². The van der Waals surface area contributed by atoms with Crippen molar-refractivity contribution in [2.24, 2.45) is 0 Å². The van der Waals surface area contributed by atoms with Crippen molar-refractivity contribution in [3.05, 3.63) is 35.7 Å². The van der Waals surface area contributed by atoms with E-state index in [1.165, 1.54) is 0 Å². The molecule has 9 nitrogen and oxygen atoms in total. The van der Waals surface area contributed by atoms with Gasteiger partial charge in [0, 0.05) is 50.1 Å². The molecule has 1 N–H and O–H groups in total. The third kappa shape index (κ3) is 4.08. The lowest BCUT2D eigenvalue weighted by molar-refractivity contribution is 0.0295. The number of nitrogens with one attached hydrogen (secondary N) is 1. The van der Waals surface area contributed by atoms with Gasteiger partial charge >= 0.3 is 0 Å². The van der Waals surface area contributed by atoms with E-state index in [9.17, 15) is 13.2 Å². The zero-order valence-electron chi connectivity index (χ0n) is 15.6. The number of nitrogens with zero attached hydrogens (tertiary/aromatic N) is 4. The van der Waals surface area contributed by atoms with Gasteiger partial charge in [0.25, 0.3) is 5.91 Å². The van der Waals surface area contributed by atoms with Gasteiger partial charge in [-0.05, 0) is 6.42 Å². The Morgan fingerprint density at radius 1 is 1.32 bits per heavy atom. The molecule has 1 amide bonds. The molecule has 0 radical (unpaired) electrons. The first-order chi connectivity index (χ1) is 13.0. The monoisotopic (exact) mass is 429 g/mol. The Kier molecular flexibility index (Phi) is 6.11. The molecule has 0 spiro atoms. The number of carbonyl (C=O) groups is 1. The minimum atomic E-state index is -3.20. The van der Waals surface area contributed by atoms with Crippen LogP contribution in [0.15, 0.2) is 23.1 Å². The molecule has 0 aliphatic carbocycles. The smallest absolute Gasteiger partial charge is 0.276 e. The molecule has 0 unspecified atom stereocenters. The summed E-state index contributed by atoms with van der Waals surface area (Å²) in [5, 5.41) is 3.90. The molecule has 2 atom stereocenters. The van der Waals surface area contributed by atoms with E-state index in [0.29, 0.717) is 25.4 Å². The first-order valence-electron chi connectivity index (χ1n) is 9.15. The Bertz CT molecular complexity index is 914. The van der Waals surface area contributed by atoms with Crippen LogP contribution in [0.2, 0.25) is 0 Å². The molecule has 2 fully saturated rings. The molecule has 2 aliphatic rings. The molecule has 2 saturated heterocycles. The topological polar surface area (TPSA) is 112 Å². The number of amides is 1. The first kappa shape index (κ1) is 20.8. The first-order valence-corrected chi connectivity index (χ1v) is 11.0. The van der Waals surface area contributed by atoms with Gasteiger partial charge in [0.2, 0.25) is 0 Å². The molecule has 4 rings (SSSR count). The van der Waals surface area contributed by atoms with E-state index in [1.807, 2.05) is 6.92 Å². The molecule has 0 bridgehead atoms. The Balaban J connectivity index is 0.00000225. The van der Waals surface area contributed by atoms with E-state index in [1.54, 1.807) is 23.5 Å². The second kappa shape index (κ2) is 8.22. The van der Waals surface area contributed by atoms with Crippen LogP contribution < -0.4 is 0 Å². The number of sulfone groups is 1. The standard InChI is InChI=1S/C17H23N5O4S.ClH/c1-2-3-13-6-14(20-26-13)17(23)22-5-4-21(8-12-7-18-11-19-12)15-9-27(24,25)10-16(15)22;/h6-7,11,15-16H,2-5,8-10H2,1H3,(H,18,19);1H/t15-,16+;/m1./s1. The van der Waals surface area contributed by atoms with Gasteiger partial charge in [-0.2, -0.15) is 0 Å². The number of hydrogen-bond donors (Lipinski definition) is 1. The fraction of sp³-hybridized carbons (Fsp3) is 0.588. The van der Waals surface area contributed by atoms with Gasteiger partial charge in [-0.15, -0.1) is 12.4 Å². The van der Waals surface area contributed by atoms with Crippen molar-refractivity contribution in [3.8, 4) is 0 Å². The van der Waals surface area contributed by atoms with Crippen LogP contribution in [0.25, 0.3) is 0 Å². The molecular formula is C17H24ClN5O4S. The molecule has 0 aromatic carbocycles. The van der Waals surface area contributed by atoms with Crippen LogP contribution in [-0.4, -0.2) is 75.9 Å². The highest BCUT2D eigenvalue weighted by molar-refractivity contribution is 7.91. The van der Waals surface area contributed by atoms with E-state index in [4.69, 9.17) is 4.52 Å². The van der Waals surface area contributed by atoms with Crippen LogP contribution in [0.3, 0.4) is 0 Å². The Morgan fingerprint density at radius 3 is 2.82 bits per heavy atom. The molecule has 28 heavy (non-hydrogen) atoms. The number of aromatic amines is 1. The quantitative estimate of drug-likeness (QED) is 0.751. The lowest BCUT2D eigenvalue weighted by Crippen LogP contribution is -2.60. The number of H-pyrrole nitrogens is 1. The normalized spacial score (nSPS) is 24.0. The van der Waals surface area contributed by atoms with Crippen LogP contribution in [0.5, 0.6) is 0 Å². The molecule has 4 heterocycles. The van der Waals surface area contributed by atoms with Crippen molar-refractivity contribution in [1.82, 2.24) is 24.9 Å². The summed E-state index contributed by atoms with van der Waals surface area (Å²) in [4.78, 5) is 23.8. The largest absolute Gasteiger partial charge is 0.361 e. The molecule has 11 heteroatoms. The van der Waals surface area contributed by atoms with Gasteiger partial charge in [-0.3, -0.25) is 9.69 Å². The molecular weight excluding hydrogens is 406 g/mol. The van der Waals surface area contributed by atoms with Gasteiger partial charge in [0.15, 0.2) is 15.5 Å². The van der Waals surface area contributed by atoms with Gasteiger partial charge in [-0.25, -0.2) is 13.4 Å². The van der Waals surface area contributed by atoms with Crippen molar-refractivity contribution in [3.63, 3.8) is 0 Å². The number of imidazole rings is 1. The van der Waals surface area contributed by atoms with Crippen LogP contribution in [0.1, 0.15) is 35.3 Å². The Labute approximate surface area is 169 Å². The number of fused-ring (bicyclic) bond motifs is 1. The number of halogens is 1. The van der Waals surface area contributed by atoms with Crippen LogP contribution in [-0.2, 0) is 22.8 Å². The van der Waals surface area contributed by atoms with Crippen LogP contribution in [0, 0.1) is 0 Å². The third-order valence-electron chi connectivity index (χ3n) is 5.25. The minimum Gasteiger partial charge on any atom is -0.361 e. The number of carbonyl (C=O) groups excluding carboxylic acids is 1. The average Bonchev–Trinajstić information content (AvgIpc) is 3.34. The summed E-state index contributed by atoms with van der Waals surface area (Å²) in [5.74, 6) is 0.474. The second-order valence-electron chi connectivity index (χ2n) is 7.19. The predicted molar refractivity (Wildman–Crippen MR) is 104 cm³/mol. The lowest BCUT2D eigenvalue weighted by Gasteiger charge is -2.43. The predicted octanol–water partition coefficient (Wildman–Crippen LogP) is 0.896. The summed E-state index contributed by atoms with van der Waals surface area (Å²) in [6, 6.07) is 1.07. The maximum Gasteiger partial charge on any atom is 0.276 e. The highest BCUT2D eigenvalue weighted by atomic mass is 35.5. The van der Waals surface area contributed by atoms with Crippen molar-refractivity contribution < 1.29 is 17.7 Å². The Hall–Kier alpha value is -1.91. The summed E-state index contributed by atoms with van der Waals surface area (Å²) in [6.07, 6.45) is 4.97. The van der Waals surface area contributed by atoms with Crippen molar-refractivity contribution >= 4 is 28.2 Å². The zero-order valence-corrected chi connectivity index (χ0v) is 17.2. The van der Waals surface area contributed by atoms with Crippen molar-refractivity contribution in [1.29, 1.82) is 0 Å². The summed E-state index contributed by atoms with van der Waals surface area (Å²) < 4.78 is 29.9. The summed E-state index contributed by atoms with van der Waals surface area (Å²) in [6.45, 7) is 3.67. The maximum atomic E-state index is 13.0. The zero-order chi connectivity index (χ0) is 19.0. The number of aromatic nitrogens is 3. The Morgan fingerprint density at radius 2 is 2.11 bits per heavy atom. The minimum absolute atomic E-state index is 0. The summed E-state index contributed by atoms with van der Waals surface area (Å²) >= 11 is 0. The van der Waals surface area contributed by atoms with Gasteiger partial charge in [-0.1, -0.05) is 12.1 Å². The van der Waals surface area contributed by atoms with E-state index >= 15 is 0 Å². The van der Waals surface area contributed by atoms with Crippen LogP contribution >= 0.6 is 12.4 Å². The number of aryl methyl sites for hydroxylation is 1.